The van der Waals surface area contributed by atoms with E-state index in [1.54, 1.807) is 13.3 Å². The van der Waals surface area contributed by atoms with E-state index < -0.39 is 0 Å². The maximum absolute atomic E-state index is 13.4. The van der Waals surface area contributed by atoms with Gasteiger partial charge < -0.3 is 13.9 Å². The number of aryl methyl sites for hydroxylation is 2. The van der Waals surface area contributed by atoms with Gasteiger partial charge in [-0.25, -0.2) is 4.79 Å². The summed E-state index contributed by atoms with van der Waals surface area (Å²) in [5.74, 6) is 1.53. The molecule has 0 amide bonds. The number of hydrogen-bond acceptors (Lipinski definition) is 5. The summed E-state index contributed by atoms with van der Waals surface area (Å²) in [5, 5.41) is 0. The van der Waals surface area contributed by atoms with Gasteiger partial charge in [0.1, 0.15) is 5.76 Å². The van der Waals surface area contributed by atoms with Crippen LogP contribution < -0.4 is 16.1 Å². The van der Waals surface area contributed by atoms with Gasteiger partial charge in [0.05, 0.1) is 19.4 Å². The maximum Gasteiger partial charge on any atom is 0.332 e. The van der Waals surface area contributed by atoms with E-state index >= 15 is 0 Å². The fourth-order valence-electron chi connectivity index (χ4n) is 3.99. The van der Waals surface area contributed by atoms with Crippen molar-refractivity contribution < 1.29 is 4.42 Å². The van der Waals surface area contributed by atoms with Crippen LogP contribution in [0.2, 0.25) is 0 Å². The number of anilines is 1. The van der Waals surface area contributed by atoms with E-state index in [0.29, 0.717) is 30.2 Å². The van der Waals surface area contributed by atoms with Gasteiger partial charge in [0.15, 0.2) is 11.2 Å². The second kappa shape index (κ2) is 7.32. The van der Waals surface area contributed by atoms with Crippen molar-refractivity contribution in [2.24, 2.45) is 7.05 Å². The third-order valence-corrected chi connectivity index (χ3v) is 6.01. The number of halogens is 1. The molecular formula is C21H20BrN5O3. The van der Waals surface area contributed by atoms with Gasteiger partial charge in [-0.15, -0.1) is 0 Å². The smallest absolute Gasteiger partial charge is 0.332 e. The third-order valence-electron chi connectivity index (χ3n) is 5.49. The summed E-state index contributed by atoms with van der Waals surface area (Å²) in [6.07, 6.45) is 2.53. The van der Waals surface area contributed by atoms with E-state index in [2.05, 4.69) is 25.8 Å². The zero-order chi connectivity index (χ0) is 20.8. The van der Waals surface area contributed by atoms with Crippen LogP contribution in [-0.2, 0) is 26.7 Å². The summed E-state index contributed by atoms with van der Waals surface area (Å²) in [6, 6.07) is 11.4. The Hall–Kier alpha value is -3.07. The minimum Gasteiger partial charge on any atom is -0.467 e. The largest absolute Gasteiger partial charge is 0.467 e. The molecule has 9 heteroatoms. The molecule has 8 nitrogen and oxygen atoms in total. The zero-order valence-corrected chi connectivity index (χ0v) is 18.0. The molecule has 0 aliphatic carbocycles. The Labute approximate surface area is 180 Å². The lowest BCUT2D eigenvalue weighted by atomic mass is 10.2. The lowest BCUT2D eigenvalue weighted by Gasteiger charge is -2.28. The van der Waals surface area contributed by atoms with Crippen LogP contribution in [0, 0.1) is 0 Å². The first-order valence-corrected chi connectivity index (χ1v) is 10.5. The number of furan rings is 1. The number of aromatic nitrogens is 4. The molecule has 1 aliphatic rings. The van der Waals surface area contributed by atoms with Crippen LogP contribution >= 0.6 is 15.9 Å². The lowest BCUT2D eigenvalue weighted by molar-refractivity contribution is 0.481. The van der Waals surface area contributed by atoms with Gasteiger partial charge in [-0.2, -0.15) is 4.98 Å². The Morgan fingerprint density at radius 1 is 1.10 bits per heavy atom. The van der Waals surface area contributed by atoms with Crippen LogP contribution in [0.4, 0.5) is 5.95 Å². The zero-order valence-electron chi connectivity index (χ0n) is 16.4. The minimum atomic E-state index is -0.372. The first-order chi connectivity index (χ1) is 14.5. The lowest BCUT2D eigenvalue weighted by Crippen LogP contribution is -2.40. The average molecular weight is 470 g/mol. The summed E-state index contributed by atoms with van der Waals surface area (Å²) >= 11 is 3.41. The van der Waals surface area contributed by atoms with Crippen molar-refractivity contribution in [2.75, 3.05) is 11.4 Å². The molecule has 1 aliphatic heterocycles. The Bertz CT molecular complexity index is 1330. The number of nitrogens with zero attached hydrogens (tertiary/aromatic N) is 5. The molecule has 5 rings (SSSR count). The highest BCUT2D eigenvalue weighted by Crippen LogP contribution is 2.26. The van der Waals surface area contributed by atoms with E-state index in [1.165, 1.54) is 9.13 Å². The molecule has 3 aromatic heterocycles. The second-order valence-electron chi connectivity index (χ2n) is 7.45. The Morgan fingerprint density at radius 3 is 2.63 bits per heavy atom. The van der Waals surface area contributed by atoms with Crippen molar-refractivity contribution in [3.63, 3.8) is 0 Å². The summed E-state index contributed by atoms with van der Waals surface area (Å²) < 4.78 is 11.1. The fraction of sp³-hybridized carbons (Fsp3) is 0.286. The Morgan fingerprint density at radius 2 is 1.90 bits per heavy atom. The standard InChI is InChI=1S/C21H20BrN5O3/c1-24-18-17(19(28)27(21(24)29)12-14-5-7-15(22)8-6-14)26-10-3-9-25(20(26)23-18)13-16-4-2-11-30-16/h2,4-8,11H,3,9-10,12-13H2,1H3. The predicted octanol–water partition coefficient (Wildman–Crippen LogP) is 2.71. The first kappa shape index (κ1) is 18.9. The monoisotopic (exact) mass is 469 g/mol. The molecule has 0 spiro atoms. The molecule has 0 fully saturated rings. The molecule has 0 atom stereocenters. The number of fused-ring (bicyclic) bond motifs is 3. The van der Waals surface area contributed by atoms with Gasteiger partial charge in [-0.3, -0.25) is 13.9 Å². The van der Waals surface area contributed by atoms with Crippen molar-refractivity contribution in [3.8, 4) is 0 Å². The second-order valence-corrected chi connectivity index (χ2v) is 8.37. The Balaban J connectivity index is 1.64. The van der Waals surface area contributed by atoms with Gasteiger partial charge in [-0.05, 0) is 36.2 Å². The van der Waals surface area contributed by atoms with E-state index in [0.717, 1.165) is 28.8 Å². The molecule has 0 unspecified atom stereocenters. The molecule has 1 aromatic carbocycles. The minimum absolute atomic E-state index is 0.214. The van der Waals surface area contributed by atoms with Crippen LogP contribution in [0.1, 0.15) is 17.7 Å². The normalized spacial score (nSPS) is 13.7. The molecule has 4 heterocycles. The average Bonchev–Trinajstić information content (AvgIpc) is 3.39. The van der Waals surface area contributed by atoms with Crippen LogP contribution in [-0.4, -0.2) is 25.2 Å². The van der Waals surface area contributed by atoms with Gasteiger partial charge in [0, 0.05) is 24.6 Å². The SMILES string of the molecule is Cn1c(=O)n(Cc2ccc(Br)cc2)c(=O)c2c1nc1n2CCCN1Cc1ccco1. The van der Waals surface area contributed by atoms with Crippen LogP contribution in [0.15, 0.2) is 61.1 Å². The molecule has 0 radical (unpaired) electrons. The van der Waals surface area contributed by atoms with Gasteiger partial charge >= 0.3 is 5.69 Å². The van der Waals surface area contributed by atoms with Gasteiger partial charge in [0.2, 0.25) is 5.95 Å². The molecule has 0 saturated heterocycles. The van der Waals surface area contributed by atoms with E-state index in [-0.39, 0.29) is 17.8 Å². The fourth-order valence-corrected chi connectivity index (χ4v) is 4.25. The molecule has 4 aromatic rings. The van der Waals surface area contributed by atoms with Crippen LogP contribution in [0.5, 0.6) is 0 Å². The van der Waals surface area contributed by atoms with Crippen LogP contribution in [0.25, 0.3) is 11.2 Å². The summed E-state index contributed by atoms with van der Waals surface area (Å²) in [6.45, 7) is 2.28. The quantitative estimate of drug-likeness (QED) is 0.459. The molecule has 0 N–H and O–H groups in total. The molecule has 0 saturated carbocycles. The maximum atomic E-state index is 13.4. The Kier molecular flexibility index (Phi) is 4.62. The highest BCUT2D eigenvalue weighted by atomic mass is 79.9. The number of benzene rings is 1. The van der Waals surface area contributed by atoms with Gasteiger partial charge in [-0.1, -0.05) is 28.1 Å². The van der Waals surface area contributed by atoms with Crippen LogP contribution in [0.3, 0.4) is 0 Å². The van der Waals surface area contributed by atoms with E-state index in [9.17, 15) is 9.59 Å². The van der Waals surface area contributed by atoms with E-state index in [1.807, 2.05) is 41.0 Å². The molecular weight excluding hydrogens is 450 g/mol. The summed E-state index contributed by atoms with van der Waals surface area (Å²) in [7, 11) is 1.66. The predicted molar refractivity (Wildman–Crippen MR) is 117 cm³/mol. The summed E-state index contributed by atoms with van der Waals surface area (Å²) in [4.78, 5) is 33.1. The van der Waals surface area contributed by atoms with Crippen molar-refractivity contribution in [1.29, 1.82) is 0 Å². The highest BCUT2D eigenvalue weighted by Gasteiger charge is 2.26. The molecule has 0 bridgehead atoms. The number of imidazole rings is 1. The third kappa shape index (κ3) is 3.09. The first-order valence-electron chi connectivity index (χ1n) is 9.75. The van der Waals surface area contributed by atoms with Gasteiger partial charge in [0.25, 0.3) is 5.56 Å². The number of hydrogen-bond donors (Lipinski definition) is 0. The van der Waals surface area contributed by atoms with Crippen molar-refractivity contribution in [1.82, 2.24) is 18.7 Å². The van der Waals surface area contributed by atoms with Crippen molar-refractivity contribution >= 4 is 33.0 Å². The van der Waals surface area contributed by atoms with Crippen molar-refractivity contribution in [2.45, 2.75) is 26.1 Å². The topological polar surface area (TPSA) is 78.2 Å². The number of rotatable bonds is 4. The highest BCUT2D eigenvalue weighted by molar-refractivity contribution is 9.10. The van der Waals surface area contributed by atoms with Crippen molar-refractivity contribution in [3.05, 3.63) is 79.3 Å². The van der Waals surface area contributed by atoms with E-state index in [4.69, 9.17) is 4.42 Å². The summed E-state index contributed by atoms with van der Waals surface area (Å²) in [5.41, 5.74) is 1.08. The molecule has 30 heavy (non-hydrogen) atoms. The molecule has 154 valence electrons.